The molecule has 0 saturated heterocycles. The number of aryl methyl sites for hydroxylation is 1. The van der Waals surface area contributed by atoms with Crippen LogP contribution in [0.25, 0.3) is 61.4 Å². The average Bonchev–Trinajstić information content (AvgIpc) is 3.55. The Balaban J connectivity index is 1.57. The molecule has 0 fully saturated rings. The molecule has 7 rings (SSSR count). The van der Waals surface area contributed by atoms with Gasteiger partial charge in [-0.05, 0) is 55.5 Å². The standard InChI is InChI=1S/C35H26FN3/c1-2-38-31-16-10-9-15-29(31)30-23-26(17-22-32(30)38)35-37-33(24-11-5-3-6-12-24)34(25-13-7-4-8-14-25)39(35)28-20-18-27(36)19-21-28/h3-23H,2H2,1H3. The second-order valence-electron chi connectivity index (χ2n) is 9.67. The van der Waals surface area contributed by atoms with Crippen LogP contribution in [0, 0.1) is 5.82 Å². The van der Waals surface area contributed by atoms with Crippen LogP contribution in [-0.2, 0) is 6.54 Å². The number of hydrogen-bond donors (Lipinski definition) is 0. The highest BCUT2D eigenvalue weighted by Crippen LogP contribution is 2.40. The van der Waals surface area contributed by atoms with Gasteiger partial charge in [-0.25, -0.2) is 9.37 Å². The molecule has 39 heavy (non-hydrogen) atoms. The topological polar surface area (TPSA) is 22.8 Å². The zero-order chi connectivity index (χ0) is 26.3. The van der Waals surface area contributed by atoms with Crippen LogP contribution in [0.3, 0.4) is 0 Å². The summed E-state index contributed by atoms with van der Waals surface area (Å²) in [6.45, 7) is 3.07. The van der Waals surface area contributed by atoms with Gasteiger partial charge in [0, 0.05) is 50.7 Å². The first-order valence-electron chi connectivity index (χ1n) is 13.2. The molecule has 4 heteroatoms. The van der Waals surface area contributed by atoms with Crippen LogP contribution >= 0.6 is 0 Å². The molecule has 0 unspecified atom stereocenters. The number of fused-ring (bicyclic) bond motifs is 3. The van der Waals surface area contributed by atoms with E-state index in [2.05, 4.69) is 82.8 Å². The summed E-state index contributed by atoms with van der Waals surface area (Å²) >= 11 is 0. The Kier molecular flexibility index (Phi) is 5.59. The Labute approximate surface area is 226 Å². The van der Waals surface area contributed by atoms with E-state index >= 15 is 0 Å². The summed E-state index contributed by atoms with van der Waals surface area (Å²) in [5.41, 5.74) is 8.22. The largest absolute Gasteiger partial charge is 0.341 e. The molecule has 0 radical (unpaired) electrons. The molecule has 0 spiro atoms. The van der Waals surface area contributed by atoms with E-state index in [0.717, 1.165) is 46.1 Å². The summed E-state index contributed by atoms with van der Waals surface area (Å²) in [5, 5.41) is 2.42. The van der Waals surface area contributed by atoms with Crippen molar-refractivity contribution < 1.29 is 4.39 Å². The average molecular weight is 508 g/mol. The first kappa shape index (κ1) is 23.2. The van der Waals surface area contributed by atoms with E-state index in [-0.39, 0.29) is 5.82 Å². The van der Waals surface area contributed by atoms with Crippen LogP contribution in [0.2, 0.25) is 0 Å². The molecule has 0 saturated carbocycles. The Bertz CT molecular complexity index is 1930. The number of para-hydroxylation sites is 1. The fraction of sp³-hybridized carbons (Fsp3) is 0.0571. The van der Waals surface area contributed by atoms with Gasteiger partial charge in [0.15, 0.2) is 0 Å². The smallest absolute Gasteiger partial charge is 0.145 e. The van der Waals surface area contributed by atoms with Gasteiger partial charge in [0.05, 0.1) is 11.4 Å². The summed E-state index contributed by atoms with van der Waals surface area (Å²) < 4.78 is 18.6. The Hall–Kier alpha value is -4.96. The molecule has 0 aliphatic carbocycles. The molecule has 3 nitrogen and oxygen atoms in total. The first-order valence-corrected chi connectivity index (χ1v) is 13.2. The Morgan fingerprint density at radius 2 is 1.26 bits per heavy atom. The summed E-state index contributed by atoms with van der Waals surface area (Å²) in [4.78, 5) is 5.30. The molecule has 7 aromatic rings. The van der Waals surface area contributed by atoms with Crippen LogP contribution < -0.4 is 0 Å². The summed E-state index contributed by atoms with van der Waals surface area (Å²) in [7, 11) is 0. The lowest BCUT2D eigenvalue weighted by molar-refractivity contribution is 0.627. The molecular formula is C35H26FN3. The van der Waals surface area contributed by atoms with Crippen LogP contribution in [0.15, 0.2) is 127 Å². The lowest BCUT2D eigenvalue weighted by Gasteiger charge is -2.14. The molecule has 5 aromatic carbocycles. The molecule has 0 aliphatic rings. The van der Waals surface area contributed by atoms with Gasteiger partial charge in [-0.2, -0.15) is 0 Å². The number of rotatable bonds is 5. The summed E-state index contributed by atoms with van der Waals surface area (Å²) in [6.07, 6.45) is 0. The van der Waals surface area contributed by atoms with E-state index in [1.165, 1.54) is 33.9 Å². The first-order chi connectivity index (χ1) is 19.2. The monoisotopic (exact) mass is 507 g/mol. The minimum atomic E-state index is -0.265. The van der Waals surface area contributed by atoms with E-state index in [0.29, 0.717) is 0 Å². The van der Waals surface area contributed by atoms with E-state index in [1.54, 1.807) is 0 Å². The lowest BCUT2D eigenvalue weighted by atomic mass is 10.0. The minimum absolute atomic E-state index is 0.265. The van der Waals surface area contributed by atoms with Gasteiger partial charge < -0.3 is 4.57 Å². The van der Waals surface area contributed by atoms with Gasteiger partial charge in [0.1, 0.15) is 11.6 Å². The van der Waals surface area contributed by atoms with Crippen molar-refractivity contribution in [1.29, 1.82) is 0 Å². The van der Waals surface area contributed by atoms with Crippen molar-refractivity contribution >= 4 is 21.8 Å². The molecular weight excluding hydrogens is 481 g/mol. The van der Waals surface area contributed by atoms with Gasteiger partial charge >= 0.3 is 0 Å². The van der Waals surface area contributed by atoms with Gasteiger partial charge in [-0.3, -0.25) is 4.57 Å². The zero-order valence-corrected chi connectivity index (χ0v) is 21.6. The summed E-state index contributed by atoms with van der Waals surface area (Å²) in [5.74, 6) is 0.549. The van der Waals surface area contributed by atoms with Crippen molar-refractivity contribution in [3.8, 4) is 39.6 Å². The molecule has 188 valence electrons. The van der Waals surface area contributed by atoms with Crippen LogP contribution in [-0.4, -0.2) is 14.1 Å². The van der Waals surface area contributed by atoms with Crippen molar-refractivity contribution in [3.05, 3.63) is 133 Å². The highest BCUT2D eigenvalue weighted by Gasteiger charge is 2.23. The maximum absolute atomic E-state index is 14.1. The normalized spacial score (nSPS) is 11.4. The third-order valence-corrected chi connectivity index (χ3v) is 7.40. The van der Waals surface area contributed by atoms with Crippen LogP contribution in [0.5, 0.6) is 0 Å². The minimum Gasteiger partial charge on any atom is -0.341 e. The highest BCUT2D eigenvalue weighted by molar-refractivity contribution is 6.09. The number of aromatic nitrogens is 3. The molecule has 0 aliphatic heterocycles. The Morgan fingerprint density at radius 3 is 1.97 bits per heavy atom. The molecule has 0 bridgehead atoms. The number of imidazole rings is 1. The van der Waals surface area contributed by atoms with Gasteiger partial charge in [-0.15, -0.1) is 0 Å². The molecule has 0 amide bonds. The Morgan fingerprint density at radius 1 is 0.615 bits per heavy atom. The SMILES string of the molecule is CCn1c2ccccc2c2cc(-c3nc(-c4ccccc4)c(-c4ccccc4)n3-c3ccc(F)cc3)ccc21. The van der Waals surface area contributed by atoms with E-state index in [1.807, 2.05) is 48.5 Å². The zero-order valence-electron chi connectivity index (χ0n) is 21.6. The second kappa shape index (κ2) is 9.41. The highest BCUT2D eigenvalue weighted by atomic mass is 19.1. The fourth-order valence-corrected chi connectivity index (χ4v) is 5.65. The number of hydrogen-bond acceptors (Lipinski definition) is 1. The predicted octanol–water partition coefficient (Wildman–Crippen LogP) is 9.14. The quantitative estimate of drug-likeness (QED) is 0.228. The predicted molar refractivity (Wildman–Crippen MR) is 159 cm³/mol. The van der Waals surface area contributed by atoms with Crippen LogP contribution in [0.1, 0.15) is 6.92 Å². The van der Waals surface area contributed by atoms with Crippen molar-refractivity contribution in [2.75, 3.05) is 0 Å². The van der Waals surface area contributed by atoms with Crippen molar-refractivity contribution in [1.82, 2.24) is 14.1 Å². The number of benzene rings is 5. The van der Waals surface area contributed by atoms with Crippen LogP contribution in [0.4, 0.5) is 4.39 Å². The molecule has 0 N–H and O–H groups in total. The molecule has 2 heterocycles. The summed E-state index contributed by atoms with van der Waals surface area (Å²) in [6, 6.07) is 42.4. The maximum atomic E-state index is 14.1. The van der Waals surface area contributed by atoms with Gasteiger partial charge in [0.2, 0.25) is 0 Å². The van der Waals surface area contributed by atoms with Gasteiger partial charge in [0.25, 0.3) is 0 Å². The van der Waals surface area contributed by atoms with Crippen molar-refractivity contribution in [2.24, 2.45) is 0 Å². The number of halogens is 1. The van der Waals surface area contributed by atoms with Gasteiger partial charge in [-0.1, -0.05) is 78.9 Å². The third-order valence-electron chi connectivity index (χ3n) is 7.40. The maximum Gasteiger partial charge on any atom is 0.145 e. The van der Waals surface area contributed by atoms with E-state index in [9.17, 15) is 4.39 Å². The second-order valence-corrected chi connectivity index (χ2v) is 9.67. The van der Waals surface area contributed by atoms with Crippen molar-refractivity contribution in [2.45, 2.75) is 13.5 Å². The lowest BCUT2D eigenvalue weighted by Crippen LogP contribution is -2.00. The third kappa shape index (κ3) is 3.84. The molecule has 2 aromatic heterocycles. The van der Waals surface area contributed by atoms with E-state index < -0.39 is 0 Å². The number of nitrogens with zero attached hydrogens (tertiary/aromatic N) is 3. The van der Waals surface area contributed by atoms with E-state index in [4.69, 9.17) is 4.98 Å². The molecule has 0 atom stereocenters. The fourth-order valence-electron chi connectivity index (χ4n) is 5.65. The van der Waals surface area contributed by atoms with Crippen molar-refractivity contribution in [3.63, 3.8) is 0 Å².